The van der Waals surface area contributed by atoms with Crippen molar-refractivity contribution in [3.63, 3.8) is 0 Å². The van der Waals surface area contributed by atoms with E-state index in [4.69, 9.17) is 16.9 Å². The van der Waals surface area contributed by atoms with Crippen molar-refractivity contribution >= 4 is 23.4 Å². The van der Waals surface area contributed by atoms with Gasteiger partial charge >= 0.3 is 0 Å². The van der Waals surface area contributed by atoms with Crippen LogP contribution >= 0.6 is 23.4 Å². The second-order valence-electron chi connectivity index (χ2n) is 3.19. The third-order valence-corrected chi connectivity index (χ3v) is 3.94. The molecule has 1 saturated heterocycles. The molecule has 2 nitrogen and oxygen atoms in total. The molecule has 0 spiro atoms. The van der Waals surface area contributed by atoms with Gasteiger partial charge in [0.05, 0.1) is 11.3 Å². The quantitative estimate of drug-likeness (QED) is 0.688. The summed E-state index contributed by atoms with van der Waals surface area (Å²) < 4.78 is 0. The van der Waals surface area contributed by atoms with Crippen LogP contribution in [0.15, 0.2) is 12.1 Å². The molecule has 1 fully saturated rings. The molecule has 0 N–H and O–H groups in total. The Bertz CT molecular complexity index is 380. The minimum absolute atomic E-state index is 0.331. The lowest BCUT2D eigenvalue weighted by Crippen LogP contribution is -1.94. The monoisotopic (exact) mass is 224 g/mol. The van der Waals surface area contributed by atoms with E-state index in [9.17, 15) is 0 Å². The lowest BCUT2D eigenvalue weighted by molar-refractivity contribution is 0.806. The van der Waals surface area contributed by atoms with Gasteiger partial charge in [0.15, 0.2) is 0 Å². The minimum Gasteiger partial charge on any atom is -0.239 e. The number of rotatable bonds is 1. The number of hydrogen-bond acceptors (Lipinski definition) is 3. The van der Waals surface area contributed by atoms with E-state index in [1.54, 1.807) is 6.07 Å². The molecule has 4 heteroatoms. The van der Waals surface area contributed by atoms with Crippen molar-refractivity contribution in [2.45, 2.75) is 18.1 Å². The topological polar surface area (TPSA) is 36.7 Å². The Kier molecular flexibility index (Phi) is 2.95. The SMILES string of the molecule is N#Cc1ccc(C2CCCS2)nc1Cl. The van der Waals surface area contributed by atoms with E-state index < -0.39 is 0 Å². The summed E-state index contributed by atoms with van der Waals surface area (Å²) in [6.07, 6.45) is 2.41. The normalized spacial score (nSPS) is 20.7. The highest BCUT2D eigenvalue weighted by atomic mass is 35.5. The van der Waals surface area contributed by atoms with Gasteiger partial charge < -0.3 is 0 Å². The third-order valence-electron chi connectivity index (χ3n) is 2.25. The van der Waals surface area contributed by atoms with Gasteiger partial charge in [0.2, 0.25) is 0 Å². The van der Waals surface area contributed by atoms with Crippen LogP contribution in [0.25, 0.3) is 0 Å². The standard InChI is InChI=1S/C10H9ClN2S/c11-10-7(6-12)3-4-8(13-10)9-2-1-5-14-9/h3-4,9H,1-2,5H2. The minimum atomic E-state index is 0.331. The molecule has 0 saturated carbocycles. The van der Waals surface area contributed by atoms with Crippen LogP contribution in [0.3, 0.4) is 0 Å². The van der Waals surface area contributed by atoms with E-state index in [0.29, 0.717) is 16.0 Å². The molecule has 72 valence electrons. The van der Waals surface area contributed by atoms with Gasteiger partial charge in [-0.15, -0.1) is 0 Å². The van der Waals surface area contributed by atoms with Crippen molar-refractivity contribution in [1.82, 2.24) is 4.98 Å². The fraction of sp³-hybridized carbons (Fsp3) is 0.400. The summed E-state index contributed by atoms with van der Waals surface area (Å²) in [4.78, 5) is 4.25. The number of halogens is 1. The molecule has 0 amide bonds. The molecular formula is C10H9ClN2S. The van der Waals surface area contributed by atoms with Crippen LogP contribution in [0.2, 0.25) is 5.15 Å². The summed E-state index contributed by atoms with van der Waals surface area (Å²) in [6.45, 7) is 0. The Hall–Kier alpha value is -0.720. The van der Waals surface area contributed by atoms with Crippen LogP contribution in [0, 0.1) is 11.3 Å². The van der Waals surface area contributed by atoms with Crippen molar-refractivity contribution in [3.8, 4) is 6.07 Å². The summed E-state index contributed by atoms with van der Waals surface area (Å²) >= 11 is 7.78. The van der Waals surface area contributed by atoms with E-state index in [0.717, 1.165) is 5.69 Å². The van der Waals surface area contributed by atoms with Gasteiger partial charge in [0.25, 0.3) is 0 Å². The molecule has 1 unspecified atom stereocenters. The largest absolute Gasteiger partial charge is 0.239 e. The zero-order valence-electron chi connectivity index (χ0n) is 7.53. The molecule has 1 aromatic heterocycles. The Labute approximate surface area is 92.3 Å². The highest BCUT2D eigenvalue weighted by Crippen LogP contribution is 2.39. The van der Waals surface area contributed by atoms with Crippen LogP contribution < -0.4 is 0 Å². The second kappa shape index (κ2) is 4.20. The number of nitriles is 1. The average Bonchev–Trinajstić information content (AvgIpc) is 2.70. The van der Waals surface area contributed by atoms with Crippen LogP contribution in [-0.2, 0) is 0 Å². The maximum atomic E-state index is 8.70. The first-order valence-corrected chi connectivity index (χ1v) is 5.92. The van der Waals surface area contributed by atoms with Gasteiger partial charge in [-0.2, -0.15) is 17.0 Å². The molecule has 2 heterocycles. The Morgan fingerprint density at radius 2 is 2.43 bits per heavy atom. The molecule has 1 aliphatic rings. The van der Waals surface area contributed by atoms with E-state index in [1.165, 1.54) is 18.6 Å². The summed E-state index contributed by atoms with van der Waals surface area (Å²) in [5.41, 5.74) is 1.47. The Morgan fingerprint density at radius 3 is 3.00 bits per heavy atom. The van der Waals surface area contributed by atoms with Gasteiger partial charge in [-0.1, -0.05) is 11.6 Å². The maximum Gasteiger partial charge on any atom is 0.147 e. The molecule has 14 heavy (non-hydrogen) atoms. The van der Waals surface area contributed by atoms with Crippen molar-refractivity contribution in [2.24, 2.45) is 0 Å². The number of thioether (sulfide) groups is 1. The summed E-state index contributed by atoms with van der Waals surface area (Å²) in [5, 5.41) is 9.50. The molecule has 1 aliphatic heterocycles. The molecule has 2 rings (SSSR count). The maximum absolute atomic E-state index is 8.70. The average molecular weight is 225 g/mol. The number of aromatic nitrogens is 1. The first-order valence-electron chi connectivity index (χ1n) is 4.49. The highest BCUT2D eigenvalue weighted by molar-refractivity contribution is 7.99. The van der Waals surface area contributed by atoms with Crippen LogP contribution in [0.5, 0.6) is 0 Å². The number of hydrogen-bond donors (Lipinski definition) is 0. The number of nitrogens with zero attached hydrogens (tertiary/aromatic N) is 2. The van der Waals surface area contributed by atoms with Crippen LogP contribution in [0.4, 0.5) is 0 Å². The second-order valence-corrected chi connectivity index (χ2v) is 4.86. The summed E-state index contributed by atoms with van der Waals surface area (Å²) in [6, 6.07) is 5.68. The fourth-order valence-corrected chi connectivity index (χ4v) is 2.98. The molecule has 0 aromatic carbocycles. The van der Waals surface area contributed by atoms with Crippen LogP contribution in [-0.4, -0.2) is 10.7 Å². The molecule has 0 aliphatic carbocycles. The van der Waals surface area contributed by atoms with Crippen LogP contribution in [0.1, 0.15) is 29.3 Å². The van der Waals surface area contributed by atoms with Gasteiger partial charge in [-0.3, -0.25) is 0 Å². The Balaban J connectivity index is 2.28. The van der Waals surface area contributed by atoms with Gasteiger partial charge in [-0.05, 0) is 30.7 Å². The summed E-state index contributed by atoms with van der Waals surface area (Å²) in [7, 11) is 0. The predicted molar refractivity (Wildman–Crippen MR) is 58.4 cm³/mol. The lowest BCUT2D eigenvalue weighted by Gasteiger charge is -2.07. The zero-order valence-corrected chi connectivity index (χ0v) is 9.11. The van der Waals surface area contributed by atoms with E-state index in [-0.39, 0.29) is 0 Å². The van der Waals surface area contributed by atoms with Crippen molar-refractivity contribution in [1.29, 1.82) is 5.26 Å². The predicted octanol–water partition coefficient (Wildman–Crippen LogP) is 3.17. The molecule has 1 aromatic rings. The van der Waals surface area contributed by atoms with E-state index >= 15 is 0 Å². The third kappa shape index (κ3) is 1.87. The van der Waals surface area contributed by atoms with Gasteiger partial charge in [-0.25, -0.2) is 4.98 Å². The first-order chi connectivity index (χ1) is 6.81. The van der Waals surface area contributed by atoms with Gasteiger partial charge in [0, 0.05) is 5.25 Å². The highest BCUT2D eigenvalue weighted by Gasteiger charge is 2.19. The zero-order chi connectivity index (χ0) is 9.97. The van der Waals surface area contributed by atoms with Gasteiger partial charge in [0.1, 0.15) is 11.2 Å². The smallest absolute Gasteiger partial charge is 0.147 e. The fourth-order valence-electron chi connectivity index (χ4n) is 1.52. The molecule has 1 atom stereocenters. The Morgan fingerprint density at radius 1 is 1.57 bits per heavy atom. The number of pyridine rings is 1. The summed E-state index contributed by atoms with van der Waals surface area (Å²) in [5.74, 6) is 1.20. The van der Waals surface area contributed by atoms with E-state index in [2.05, 4.69) is 4.98 Å². The molecule has 0 bridgehead atoms. The van der Waals surface area contributed by atoms with Crippen molar-refractivity contribution in [3.05, 3.63) is 28.5 Å². The van der Waals surface area contributed by atoms with Crippen molar-refractivity contribution in [2.75, 3.05) is 5.75 Å². The lowest BCUT2D eigenvalue weighted by atomic mass is 10.1. The molecule has 0 radical (unpaired) electrons. The molecular weight excluding hydrogens is 216 g/mol. The first kappa shape index (κ1) is 9.82. The van der Waals surface area contributed by atoms with Crippen molar-refractivity contribution < 1.29 is 0 Å². The van der Waals surface area contributed by atoms with E-state index in [1.807, 2.05) is 23.9 Å².